The molecule has 0 atom stereocenters. The Bertz CT molecular complexity index is 979. The third-order valence-electron chi connectivity index (χ3n) is 5.97. The lowest BCUT2D eigenvalue weighted by atomic mass is 9.92. The molecule has 0 spiro atoms. The average molecular weight is 437 g/mol. The van der Waals surface area contributed by atoms with Crippen LogP contribution in [0.5, 0.6) is 0 Å². The van der Waals surface area contributed by atoms with E-state index in [9.17, 15) is 18.0 Å². The molecule has 9 nitrogen and oxygen atoms in total. The van der Waals surface area contributed by atoms with E-state index in [-0.39, 0.29) is 23.5 Å². The number of sulfonamides is 1. The van der Waals surface area contributed by atoms with Crippen LogP contribution in [0, 0.1) is 5.92 Å². The Morgan fingerprint density at radius 3 is 2.40 bits per heavy atom. The highest BCUT2D eigenvalue weighted by Crippen LogP contribution is 2.36. The Labute approximate surface area is 176 Å². The van der Waals surface area contributed by atoms with Crippen LogP contribution < -0.4 is 15.4 Å². The van der Waals surface area contributed by atoms with Gasteiger partial charge in [-0.2, -0.15) is 0 Å². The normalized spacial score (nSPS) is 21.5. The predicted molar refractivity (Wildman–Crippen MR) is 111 cm³/mol. The van der Waals surface area contributed by atoms with E-state index in [1.807, 2.05) is 6.92 Å². The second kappa shape index (κ2) is 7.12. The van der Waals surface area contributed by atoms with Crippen molar-refractivity contribution in [2.75, 3.05) is 25.0 Å². The van der Waals surface area contributed by atoms with Crippen molar-refractivity contribution in [3.8, 4) is 0 Å². The lowest BCUT2D eigenvalue weighted by Crippen LogP contribution is -2.69. The topological polar surface area (TPSA) is 128 Å². The maximum Gasteiger partial charge on any atom is 0.407 e. The molecule has 0 bridgehead atoms. The number of nitrogens with one attached hydrogen (secondary N) is 3. The van der Waals surface area contributed by atoms with Gasteiger partial charge >= 0.3 is 6.09 Å². The van der Waals surface area contributed by atoms with Gasteiger partial charge in [-0.3, -0.25) is 4.79 Å². The number of carbonyl (C=O) groups excluding carboxylic acids is 1. The standard InChI is InChI=1S/C20H28N4O5S/c1-19(7-8-19)23-30(28,29)14-5-6-16(21-10-13-3-4-13)15(9-14)17(25)22-20(2)11-24(12-20)18(26)27/h5-6,9,13,21,23H,3-4,7-8,10-12H2,1-2H3,(H,22,25)(H,26,27). The van der Waals surface area contributed by atoms with Gasteiger partial charge in [0.2, 0.25) is 10.0 Å². The van der Waals surface area contributed by atoms with Crippen molar-refractivity contribution in [1.82, 2.24) is 14.9 Å². The monoisotopic (exact) mass is 436 g/mol. The minimum atomic E-state index is -3.75. The zero-order valence-corrected chi connectivity index (χ0v) is 18.0. The van der Waals surface area contributed by atoms with Crippen molar-refractivity contribution in [2.24, 2.45) is 5.92 Å². The molecule has 1 aromatic carbocycles. The molecule has 1 aliphatic heterocycles. The summed E-state index contributed by atoms with van der Waals surface area (Å²) in [6.07, 6.45) is 2.85. The highest BCUT2D eigenvalue weighted by Gasteiger charge is 2.43. The maximum absolute atomic E-state index is 13.1. The molecular weight excluding hydrogens is 408 g/mol. The zero-order chi connectivity index (χ0) is 21.7. The molecule has 4 rings (SSSR count). The van der Waals surface area contributed by atoms with Gasteiger partial charge in [-0.1, -0.05) is 0 Å². The molecule has 2 aliphatic carbocycles. The third kappa shape index (κ3) is 4.54. The van der Waals surface area contributed by atoms with Crippen molar-refractivity contribution >= 4 is 27.7 Å². The minimum absolute atomic E-state index is 0.0451. The lowest BCUT2D eigenvalue weighted by molar-refractivity contribution is 0.0462. The summed E-state index contributed by atoms with van der Waals surface area (Å²) in [4.78, 5) is 25.4. The SMILES string of the molecule is CC1(NC(=O)c2cc(S(=O)(=O)NC3(C)CC3)ccc2NCC2CC2)CN(C(=O)O)C1. The summed E-state index contributed by atoms with van der Waals surface area (Å²) in [7, 11) is -3.75. The summed E-state index contributed by atoms with van der Waals surface area (Å²) in [6, 6.07) is 4.54. The van der Waals surface area contributed by atoms with E-state index < -0.39 is 33.1 Å². The Hall–Kier alpha value is -2.33. The predicted octanol–water partition coefficient (Wildman–Crippen LogP) is 1.82. The number of benzene rings is 1. The molecule has 1 aromatic rings. The highest BCUT2D eigenvalue weighted by atomic mass is 32.2. The first-order valence-corrected chi connectivity index (χ1v) is 11.7. The van der Waals surface area contributed by atoms with Crippen molar-refractivity contribution < 1.29 is 23.1 Å². The molecule has 3 aliphatic rings. The average Bonchev–Trinajstić information content (AvgIpc) is 3.55. The van der Waals surface area contributed by atoms with E-state index in [0.717, 1.165) is 32.2 Å². The van der Waals surface area contributed by atoms with Crippen molar-refractivity contribution in [3.63, 3.8) is 0 Å². The fourth-order valence-electron chi connectivity index (χ4n) is 3.63. The number of anilines is 1. The highest BCUT2D eigenvalue weighted by molar-refractivity contribution is 7.89. The summed E-state index contributed by atoms with van der Waals surface area (Å²) in [5.41, 5.74) is -0.273. The van der Waals surface area contributed by atoms with Crippen LogP contribution in [0.2, 0.25) is 0 Å². The molecule has 30 heavy (non-hydrogen) atoms. The Kier molecular flexibility index (Phi) is 4.97. The summed E-state index contributed by atoms with van der Waals surface area (Å²) >= 11 is 0. The number of amides is 2. The number of hydrogen-bond donors (Lipinski definition) is 4. The van der Waals surface area contributed by atoms with Gasteiger partial charge in [-0.05, 0) is 63.6 Å². The van der Waals surface area contributed by atoms with Crippen molar-refractivity contribution in [1.29, 1.82) is 0 Å². The second-order valence-electron chi connectivity index (χ2n) is 9.35. The molecule has 0 unspecified atom stereocenters. The van der Waals surface area contributed by atoms with Crippen LogP contribution in [0.3, 0.4) is 0 Å². The first-order valence-electron chi connectivity index (χ1n) is 10.2. The maximum atomic E-state index is 13.1. The molecule has 1 heterocycles. The number of likely N-dealkylation sites (tertiary alicyclic amines) is 1. The largest absolute Gasteiger partial charge is 0.465 e. The smallest absolute Gasteiger partial charge is 0.407 e. The lowest BCUT2D eigenvalue weighted by Gasteiger charge is -2.46. The van der Waals surface area contributed by atoms with Crippen molar-refractivity contribution in [3.05, 3.63) is 23.8 Å². The molecule has 0 aromatic heterocycles. The fraction of sp³-hybridized carbons (Fsp3) is 0.600. The van der Waals surface area contributed by atoms with Gasteiger partial charge in [0.25, 0.3) is 5.91 Å². The van der Waals surface area contributed by atoms with E-state index in [0.29, 0.717) is 11.6 Å². The summed E-state index contributed by atoms with van der Waals surface area (Å²) in [6.45, 7) is 4.74. The van der Waals surface area contributed by atoms with Gasteiger partial charge in [0, 0.05) is 30.9 Å². The number of nitrogens with zero attached hydrogens (tertiary/aromatic N) is 1. The Morgan fingerprint density at radius 1 is 1.17 bits per heavy atom. The molecule has 1 saturated heterocycles. The first-order chi connectivity index (χ1) is 14.0. The van der Waals surface area contributed by atoms with Gasteiger partial charge in [0.05, 0.1) is 16.0 Å². The van der Waals surface area contributed by atoms with E-state index >= 15 is 0 Å². The van der Waals surface area contributed by atoms with Crippen LogP contribution in [-0.2, 0) is 10.0 Å². The fourth-order valence-corrected chi connectivity index (χ4v) is 5.12. The molecule has 0 radical (unpaired) electrons. The van der Waals surface area contributed by atoms with Crippen LogP contribution in [-0.4, -0.2) is 61.1 Å². The van der Waals surface area contributed by atoms with Gasteiger partial charge in [0.1, 0.15) is 0 Å². The van der Waals surface area contributed by atoms with Crippen LogP contribution >= 0.6 is 0 Å². The van der Waals surface area contributed by atoms with E-state index in [1.165, 1.54) is 17.0 Å². The summed E-state index contributed by atoms with van der Waals surface area (Å²) in [5, 5.41) is 15.2. The zero-order valence-electron chi connectivity index (χ0n) is 17.2. The van der Waals surface area contributed by atoms with Gasteiger partial charge < -0.3 is 20.6 Å². The Morgan fingerprint density at radius 2 is 1.83 bits per heavy atom. The van der Waals surface area contributed by atoms with Gasteiger partial charge in [-0.25, -0.2) is 17.9 Å². The second-order valence-corrected chi connectivity index (χ2v) is 11.0. The van der Waals surface area contributed by atoms with Crippen LogP contribution in [0.4, 0.5) is 10.5 Å². The van der Waals surface area contributed by atoms with E-state index in [1.54, 1.807) is 13.0 Å². The van der Waals surface area contributed by atoms with Crippen LogP contribution in [0.25, 0.3) is 0 Å². The van der Waals surface area contributed by atoms with Gasteiger partial charge in [-0.15, -0.1) is 0 Å². The number of rotatable bonds is 8. The number of carbonyl (C=O) groups is 2. The minimum Gasteiger partial charge on any atom is -0.465 e. The summed E-state index contributed by atoms with van der Waals surface area (Å²) in [5.74, 6) is 0.157. The molecule has 2 amide bonds. The van der Waals surface area contributed by atoms with Crippen molar-refractivity contribution in [2.45, 2.75) is 55.5 Å². The first kappa shape index (κ1) is 20.9. The summed E-state index contributed by atoms with van der Waals surface area (Å²) < 4.78 is 28.3. The molecule has 3 fully saturated rings. The van der Waals surface area contributed by atoms with E-state index in [4.69, 9.17) is 5.11 Å². The Balaban J connectivity index is 1.56. The molecule has 10 heteroatoms. The van der Waals surface area contributed by atoms with Crippen LogP contribution in [0.15, 0.2) is 23.1 Å². The van der Waals surface area contributed by atoms with E-state index in [2.05, 4.69) is 15.4 Å². The molecule has 2 saturated carbocycles. The number of carboxylic acid groups (broad SMARTS) is 1. The molecule has 164 valence electrons. The van der Waals surface area contributed by atoms with Crippen LogP contribution in [0.1, 0.15) is 49.9 Å². The molecular formula is C20H28N4O5S. The van der Waals surface area contributed by atoms with Gasteiger partial charge in [0.15, 0.2) is 0 Å². The third-order valence-corrected chi connectivity index (χ3v) is 7.61. The quantitative estimate of drug-likeness (QED) is 0.492. The molecule has 4 N–H and O–H groups in total. The number of hydrogen-bond acceptors (Lipinski definition) is 5.